The molecule has 3 aliphatic heterocycles. The fourth-order valence-electron chi connectivity index (χ4n) is 4.66. The van der Waals surface area contributed by atoms with Crippen molar-refractivity contribution in [2.75, 3.05) is 6.54 Å². The number of fused-ring (bicyclic) bond motifs is 3. The lowest BCUT2D eigenvalue weighted by atomic mass is 9.80. The molecule has 30 heavy (non-hydrogen) atoms. The van der Waals surface area contributed by atoms with Crippen LogP contribution in [0.3, 0.4) is 0 Å². The second kappa shape index (κ2) is 7.61. The van der Waals surface area contributed by atoms with Crippen LogP contribution in [0.25, 0.3) is 0 Å². The topological polar surface area (TPSA) is 92.8 Å². The molecule has 7 nitrogen and oxygen atoms in total. The van der Waals surface area contributed by atoms with Gasteiger partial charge in [0.25, 0.3) is 5.91 Å². The molecular formula is C23H28N2O5. The molecule has 3 heterocycles. The van der Waals surface area contributed by atoms with Gasteiger partial charge in [0.15, 0.2) is 0 Å². The van der Waals surface area contributed by atoms with Crippen molar-refractivity contribution < 1.29 is 23.9 Å². The Kier molecular flexibility index (Phi) is 5.26. The second-order valence-corrected chi connectivity index (χ2v) is 9.15. The largest absolute Gasteiger partial charge is 0.363 e. The predicted octanol–water partition coefficient (Wildman–Crippen LogP) is 2.04. The minimum atomic E-state index is -0.925. The number of hydrogen-bond donors (Lipinski definition) is 1. The third kappa shape index (κ3) is 3.45. The zero-order valence-corrected chi connectivity index (χ0v) is 17.6. The first-order valence-corrected chi connectivity index (χ1v) is 10.6. The van der Waals surface area contributed by atoms with Crippen LogP contribution in [0.2, 0.25) is 0 Å². The van der Waals surface area contributed by atoms with Gasteiger partial charge in [-0.05, 0) is 35.8 Å². The molecule has 1 N–H and O–H groups in total. The summed E-state index contributed by atoms with van der Waals surface area (Å²) in [7, 11) is 0. The molecule has 0 aromatic rings. The maximum atomic E-state index is 13.4. The average Bonchev–Trinajstić information content (AvgIpc) is 3.05. The average molecular weight is 412 g/mol. The molecule has 4 amide bonds. The van der Waals surface area contributed by atoms with Crippen molar-refractivity contribution in [3.8, 4) is 0 Å². The third-order valence-corrected chi connectivity index (χ3v) is 6.92. The Balaban J connectivity index is 1.61. The first-order valence-electron chi connectivity index (χ1n) is 10.6. The zero-order chi connectivity index (χ0) is 21.6. The predicted molar refractivity (Wildman–Crippen MR) is 109 cm³/mol. The molecular weight excluding hydrogens is 384 g/mol. The molecule has 3 fully saturated rings. The second-order valence-electron chi connectivity index (χ2n) is 9.15. The minimum Gasteiger partial charge on any atom is -0.363 e. The number of carbonyl (C=O) groups excluding carboxylic acids is 4. The van der Waals surface area contributed by atoms with E-state index in [-0.39, 0.29) is 24.3 Å². The van der Waals surface area contributed by atoms with E-state index in [4.69, 9.17) is 4.74 Å². The van der Waals surface area contributed by atoms with Crippen LogP contribution < -0.4 is 5.32 Å². The van der Waals surface area contributed by atoms with Crippen molar-refractivity contribution in [3.63, 3.8) is 0 Å². The molecule has 1 aliphatic carbocycles. The smallest absolute Gasteiger partial charge is 0.256 e. The summed E-state index contributed by atoms with van der Waals surface area (Å²) in [6.07, 6.45) is 8.83. The standard InChI is InChI=1S/C23H28N2O5/c1-4-23(2,3)14-8-6-5-7-13(11-14)12-25-16(26)10-9-15-17(22(25)29)18-19(30-15)21(28)24-20(18)27/h5-6,8,11,15,17-19H,4,7,9-10,12H2,1-3H3,(H,24,27,28). The fraction of sp³-hybridized carbons (Fsp3) is 0.565. The number of imide groups is 2. The van der Waals surface area contributed by atoms with Gasteiger partial charge in [0, 0.05) is 6.42 Å². The molecule has 4 atom stereocenters. The maximum Gasteiger partial charge on any atom is 0.256 e. The quantitative estimate of drug-likeness (QED) is 0.714. The number of likely N-dealkylation sites (tertiary alicyclic amines) is 1. The monoisotopic (exact) mass is 412 g/mol. The number of carbonyl (C=O) groups is 4. The summed E-state index contributed by atoms with van der Waals surface area (Å²) in [5, 5.41) is 2.25. The van der Waals surface area contributed by atoms with Crippen molar-refractivity contribution in [3.05, 3.63) is 35.5 Å². The van der Waals surface area contributed by atoms with Crippen LogP contribution in [0.1, 0.15) is 46.5 Å². The van der Waals surface area contributed by atoms with E-state index < -0.39 is 41.8 Å². The molecule has 0 bridgehead atoms. The Morgan fingerprint density at radius 3 is 2.67 bits per heavy atom. The number of nitrogens with one attached hydrogen (secondary N) is 1. The van der Waals surface area contributed by atoms with Gasteiger partial charge in [-0.1, -0.05) is 45.1 Å². The summed E-state index contributed by atoms with van der Waals surface area (Å²) in [6, 6.07) is 0. The highest BCUT2D eigenvalue weighted by atomic mass is 16.5. The highest BCUT2D eigenvalue weighted by Gasteiger charge is 2.60. The summed E-state index contributed by atoms with van der Waals surface area (Å²) in [4.78, 5) is 51.8. The summed E-state index contributed by atoms with van der Waals surface area (Å²) < 4.78 is 5.74. The van der Waals surface area contributed by atoms with E-state index in [1.807, 2.05) is 12.2 Å². The Bertz CT molecular complexity index is 897. The Morgan fingerprint density at radius 1 is 1.17 bits per heavy atom. The highest BCUT2D eigenvalue weighted by Crippen LogP contribution is 2.41. The van der Waals surface area contributed by atoms with Gasteiger partial charge in [-0.2, -0.15) is 0 Å². The molecule has 0 saturated carbocycles. The van der Waals surface area contributed by atoms with E-state index >= 15 is 0 Å². The van der Waals surface area contributed by atoms with Crippen molar-refractivity contribution in [2.45, 2.75) is 58.7 Å². The summed E-state index contributed by atoms with van der Waals surface area (Å²) in [5.74, 6) is -3.27. The van der Waals surface area contributed by atoms with Gasteiger partial charge in [-0.15, -0.1) is 0 Å². The van der Waals surface area contributed by atoms with E-state index in [0.29, 0.717) is 12.8 Å². The first-order chi connectivity index (χ1) is 14.2. The third-order valence-electron chi connectivity index (χ3n) is 6.92. The van der Waals surface area contributed by atoms with Gasteiger partial charge >= 0.3 is 0 Å². The van der Waals surface area contributed by atoms with E-state index in [1.54, 1.807) is 0 Å². The Labute approximate surface area is 176 Å². The molecule has 160 valence electrons. The summed E-state index contributed by atoms with van der Waals surface area (Å²) >= 11 is 0. The van der Waals surface area contributed by atoms with E-state index in [2.05, 4.69) is 38.2 Å². The Morgan fingerprint density at radius 2 is 1.93 bits per heavy atom. The van der Waals surface area contributed by atoms with E-state index in [9.17, 15) is 19.2 Å². The molecule has 4 unspecified atom stereocenters. The van der Waals surface area contributed by atoms with Gasteiger partial charge in [0.2, 0.25) is 17.7 Å². The SMILES string of the molecule is CCC(C)(C)C1=CC=CCC(CN2C(=O)CCC3OC4C(=O)NC(=O)C4C3C2=O)=C1. The number of allylic oxidation sites excluding steroid dienone is 5. The lowest BCUT2D eigenvalue weighted by Crippen LogP contribution is -2.44. The first kappa shape index (κ1) is 20.7. The van der Waals surface area contributed by atoms with Crippen molar-refractivity contribution >= 4 is 23.6 Å². The molecule has 7 heteroatoms. The van der Waals surface area contributed by atoms with Crippen molar-refractivity contribution in [1.29, 1.82) is 0 Å². The molecule has 0 radical (unpaired) electrons. The number of nitrogens with zero attached hydrogens (tertiary/aromatic N) is 1. The van der Waals surface area contributed by atoms with Gasteiger partial charge in [0.05, 0.1) is 24.5 Å². The normalized spacial score (nSPS) is 31.6. The molecule has 3 saturated heterocycles. The zero-order valence-electron chi connectivity index (χ0n) is 17.6. The number of ether oxygens (including phenoxy) is 1. The van der Waals surface area contributed by atoms with Crippen molar-refractivity contribution in [1.82, 2.24) is 10.2 Å². The molecule has 0 aromatic carbocycles. The molecule has 0 aromatic heterocycles. The van der Waals surface area contributed by atoms with Crippen LogP contribution in [0, 0.1) is 17.3 Å². The number of rotatable bonds is 4. The van der Waals surface area contributed by atoms with Gasteiger partial charge in [-0.3, -0.25) is 29.4 Å². The summed E-state index contributed by atoms with van der Waals surface area (Å²) in [5.41, 5.74) is 2.11. The maximum absolute atomic E-state index is 13.4. The van der Waals surface area contributed by atoms with Crippen LogP contribution in [0.5, 0.6) is 0 Å². The molecule has 4 rings (SSSR count). The van der Waals surface area contributed by atoms with Gasteiger partial charge < -0.3 is 4.74 Å². The lowest BCUT2D eigenvalue weighted by Gasteiger charge is -2.27. The minimum absolute atomic E-state index is 0.0212. The van der Waals surface area contributed by atoms with Crippen molar-refractivity contribution in [2.24, 2.45) is 17.3 Å². The molecule has 4 aliphatic rings. The van der Waals surface area contributed by atoms with Gasteiger partial charge in [-0.25, -0.2) is 0 Å². The van der Waals surface area contributed by atoms with Crippen LogP contribution in [0.4, 0.5) is 0 Å². The number of hydrogen-bond acceptors (Lipinski definition) is 5. The molecule has 0 spiro atoms. The lowest BCUT2D eigenvalue weighted by molar-refractivity contribution is -0.148. The Hall–Kier alpha value is -2.54. The van der Waals surface area contributed by atoms with E-state index in [0.717, 1.165) is 17.6 Å². The van der Waals surface area contributed by atoms with Crippen LogP contribution >= 0.6 is 0 Å². The summed E-state index contributed by atoms with van der Waals surface area (Å²) in [6.45, 7) is 6.67. The van der Waals surface area contributed by atoms with Crippen LogP contribution in [-0.4, -0.2) is 47.3 Å². The highest BCUT2D eigenvalue weighted by molar-refractivity contribution is 6.10. The fourth-order valence-corrected chi connectivity index (χ4v) is 4.66. The van der Waals surface area contributed by atoms with Gasteiger partial charge in [0.1, 0.15) is 6.10 Å². The van der Waals surface area contributed by atoms with Crippen LogP contribution in [0.15, 0.2) is 35.5 Å². The number of amides is 4. The van der Waals surface area contributed by atoms with E-state index in [1.165, 1.54) is 4.90 Å². The van der Waals surface area contributed by atoms with Crippen LogP contribution in [-0.2, 0) is 23.9 Å².